The minimum atomic E-state index is -3.57. The maximum atomic E-state index is 13.0. The fourth-order valence-electron chi connectivity index (χ4n) is 4.32. The molecular weight excluding hydrogens is 440 g/mol. The Morgan fingerprint density at radius 2 is 1.88 bits per heavy atom. The van der Waals surface area contributed by atoms with Crippen LogP contribution >= 0.6 is 0 Å². The second-order valence-electron chi connectivity index (χ2n) is 8.58. The summed E-state index contributed by atoms with van der Waals surface area (Å²) in [7, 11) is -3.57. The van der Waals surface area contributed by atoms with E-state index in [2.05, 4.69) is 15.5 Å². The van der Waals surface area contributed by atoms with Crippen LogP contribution in [0.3, 0.4) is 0 Å². The highest BCUT2D eigenvalue weighted by Gasteiger charge is 2.30. The first-order valence-electron chi connectivity index (χ1n) is 11.0. The highest BCUT2D eigenvalue weighted by molar-refractivity contribution is 7.89. The first-order chi connectivity index (χ1) is 15.7. The van der Waals surface area contributed by atoms with E-state index < -0.39 is 15.9 Å². The lowest BCUT2D eigenvalue weighted by Gasteiger charge is -2.32. The summed E-state index contributed by atoms with van der Waals surface area (Å²) in [5.74, 6) is -0.316. The number of carbonyl (C=O) groups excluding carboxylic acids is 1. The number of carbonyl (C=O) groups is 1. The van der Waals surface area contributed by atoms with Crippen molar-refractivity contribution in [3.63, 3.8) is 0 Å². The van der Waals surface area contributed by atoms with E-state index in [0.717, 1.165) is 30.4 Å². The van der Waals surface area contributed by atoms with Gasteiger partial charge in [0.05, 0.1) is 10.6 Å². The number of rotatable bonds is 5. The second kappa shape index (κ2) is 8.99. The summed E-state index contributed by atoms with van der Waals surface area (Å²) in [6, 6.07) is 11.3. The SMILES string of the molecule is Cc1cc(C)c(-c2cc(C(=O)Nc3ccc(S(=O)(=O)N4CCCC[C@@H]4C)cc3)[nH]n2)c(O)c1. The number of benzene rings is 2. The summed E-state index contributed by atoms with van der Waals surface area (Å²) >= 11 is 0. The lowest BCUT2D eigenvalue weighted by molar-refractivity contribution is 0.102. The third-order valence-electron chi connectivity index (χ3n) is 6.00. The van der Waals surface area contributed by atoms with E-state index in [4.69, 9.17) is 0 Å². The number of phenols is 1. The highest BCUT2D eigenvalue weighted by Crippen LogP contribution is 2.32. The van der Waals surface area contributed by atoms with Gasteiger partial charge in [0.25, 0.3) is 5.91 Å². The van der Waals surface area contributed by atoms with Crippen LogP contribution in [0, 0.1) is 13.8 Å². The van der Waals surface area contributed by atoms with E-state index in [0.29, 0.717) is 23.5 Å². The Labute approximate surface area is 193 Å². The van der Waals surface area contributed by atoms with Crippen LogP contribution < -0.4 is 5.32 Å². The maximum absolute atomic E-state index is 13.0. The summed E-state index contributed by atoms with van der Waals surface area (Å²) < 4.78 is 27.5. The molecule has 1 atom stereocenters. The van der Waals surface area contributed by atoms with Gasteiger partial charge in [-0.2, -0.15) is 9.40 Å². The third-order valence-corrected chi connectivity index (χ3v) is 8.03. The summed E-state index contributed by atoms with van der Waals surface area (Å²) in [5, 5.41) is 19.9. The van der Waals surface area contributed by atoms with Crippen LogP contribution in [0.4, 0.5) is 5.69 Å². The molecule has 9 heteroatoms. The number of aromatic nitrogens is 2. The Kier molecular flexibility index (Phi) is 6.27. The standard InChI is InChI=1S/C24H28N4O4S/c1-15-12-16(2)23(22(29)13-15)20-14-21(27-26-20)24(30)25-18-7-9-19(10-8-18)33(31,32)28-11-5-4-6-17(28)3/h7-10,12-14,17,29H,4-6,11H2,1-3H3,(H,25,30)(H,26,27)/t17-/m0/s1. The number of phenolic OH excluding ortho intramolecular Hbond substituents is 1. The van der Waals surface area contributed by atoms with Gasteiger partial charge in [0.1, 0.15) is 11.4 Å². The predicted octanol–water partition coefficient (Wildman–Crippen LogP) is 4.21. The van der Waals surface area contributed by atoms with Crippen LogP contribution in [0.2, 0.25) is 0 Å². The number of aryl methyl sites for hydroxylation is 2. The van der Waals surface area contributed by atoms with Gasteiger partial charge >= 0.3 is 0 Å². The summed E-state index contributed by atoms with van der Waals surface area (Å²) in [6.07, 6.45) is 2.76. The molecule has 3 N–H and O–H groups in total. The lowest BCUT2D eigenvalue weighted by atomic mass is 10.0. The first kappa shape index (κ1) is 23.0. The maximum Gasteiger partial charge on any atom is 0.273 e. The molecule has 1 fully saturated rings. The zero-order valence-electron chi connectivity index (χ0n) is 18.9. The smallest absolute Gasteiger partial charge is 0.273 e. The van der Waals surface area contributed by atoms with Crippen molar-refractivity contribution in [2.75, 3.05) is 11.9 Å². The molecule has 0 bridgehead atoms. The van der Waals surface area contributed by atoms with E-state index in [9.17, 15) is 18.3 Å². The molecule has 3 aromatic rings. The number of amides is 1. The molecule has 1 aliphatic heterocycles. The minimum Gasteiger partial charge on any atom is -0.507 e. The van der Waals surface area contributed by atoms with Crippen molar-refractivity contribution >= 4 is 21.6 Å². The van der Waals surface area contributed by atoms with Gasteiger partial charge in [-0.25, -0.2) is 8.42 Å². The summed E-state index contributed by atoms with van der Waals surface area (Å²) in [4.78, 5) is 12.9. The Bertz CT molecular complexity index is 1260. The number of anilines is 1. The number of aromatic hydroxyl groups is 1. The van der Waals surface area contributed by atoms with Gasteiger partial charge in [0, 0.05) is 23.8 Å². The van der Waals surface area contributed by atoms with Crippen molar-refractivity contribution in [3.05, 3.63) is 59.3 Å². The number of aromatic amines is 1. The van der Waals surface area contributed by atoms with Crippen LogP contribution in [0.1, 0.15) is 47.8 Å². The van der Waals surface area contributed by atoms with Gasteiger partial charge in [-0.15, -0.1) is 0 Å². The number of piperidine rings is 1. The van der Waals surface area contributed by atoms with Crippen molar-refractivity contribution < 1.29 is 18.3 Å². The topological polar surface area (TPSA) is 115 Å². The Hall–Kier alpha value is -3.17. The van der Waals surface area contributed by atoms with Gasteiger partial charge < -0.3 is 10.4 Å². The van der Waals surface area contributed by atoms with Crippen molar-refractivity contribution in [1.29, 1.82) is 0 Å². The van der Waals surface area contributed by atoms with Crippen LogP contribution in [0.5, 0.6) is 5.75 Å². The molecule has 4 rings (SSSR count). The van der Waals surface area contributed by atoms with Gasteiger partial charge in [-0.05, 0) is 81.1 Å². The molecule has 8 nitrogen and oxygen atoms in total. The molecule has 33 heavy (non-hydrogen) atoms. The molecular formula is C24H28N4O4S. The number of nitrogens with one attached hydrogen (secondary N) is 2. The molecule has 2 aromatic carbocycles. The van der Waals surface area contributed by atoms with Gasteiger partial charge in [-0.1, -0.05) is 12.5 Å². The lowest BCUT2D eigenvalue weighted by Crippen LogP contribution is -2.41. The monoisotopic (exact) mass is 468 g/mol. The molecule has 0 unspecified atom stereocenters. The van der Waals surface area contributed by atoms with Crippen LogP contribution in [0.15, 0.2) is 47.4 Å². The molecule has 2 heterocycles. The fourth-order valence-corrected chi connectivity index (χ4v) is 6.02. The fraction of sp³-hybridized carbons (Fsp3) is 0.333. The van der Waals surface area contributed by atoms with E-state index in [1.54, 1.807) is 28.6 Å². The van der Waals surface area contributed by atoms with E-state index in [1.807, 2.05) is 26.8 Å². The average Bonchev–Trinajstić information content (AvgIpc) is 3.23. The average molecular weight is 469 g/mol. The number of hydrogen-bond donors (Lipinski definition) is 3. The Morgan fingerprint density at radius 3 is 2.55 bits per heavy atom. The Morgan fingerprint density at radius 1 is 1.15 bits per heavy atom. The molecule has 0 spiro atoms. The summed E-state index contributed by atoms with van der Waals surface area (Å²) in [5.41, 5.74) is 3.51. The van der Waals surface area contributed by atoms with Gasteiger partial charge in [0.15, 0.2) is 0 Å². The quantitative estimate of drug-likeness (QED) is 0.519. The largest absolute Gasteiger partial charge is 0.507 e. The third kappa shape index (κ3) is 4.65. The normalized spacial score (nSPS) is 17.1. The van der Waals surface area contributed by atoms with Crippen LogP contribution in [-0.2, 0) is 10.0 Å². The van der Waals surface area contributed by atoms with Gasteiger partial charge in [0.2, 0.25) is 10.0 Å². The number of sulfonamides is 1. The van der Waals surface area contributed by atoms with Gasteiger partial charge in [-0.3, -0.25) is 9.89 Å². The van der Waals surface area contributed by atoms with Crippen molar-refractivity contribution in [2.24, 2.45) is 0 Å². The molecule has 1 aliphatic rings. The molecule has 0 radical (unpaired) electrons. The van der Waals surface area contributed by atoms with E-state index in [1.165, 1.54) is 12.1 Å². The molecule has 1 amide bonds. The number of hydrogen-bond acceptors (Lipinski definition) is 5. The van der Waals surface area contributed by atoms with E-state index in [-0.39, 0.29) is 22.4 Å². The minimum absolute atomic E-state index is 0.0192. The van der Waals surface area contributed by atoms with E-state index >= 15 is 0 Å². The second-order valence-corrected chi connectivity index (χ2v) is 10.5. The number of H-pyrrole nitrogens is 1. The van der Waals surface area contributed by atoms with Crippen molar-refractivity contribution in [1.82, 2.24) is 14.5 Å². The molecule has 1 saturated heterocycles. The zero-order chi connectivity index (χ0) is 23.8. The highest BCUT2D eigenvalue weighted by atomic mass is 32.2. The predicted molar refractivity (Wildman–Crippen MR) is 127 cm³/mol. The molecule has 1 aromatic heterocycles. The van der Waals surface area contributed by atoms with Crippen LogP contribution in [-0.4, -0.2) is 46.5 Å². The Balaban J connectivity index is 1.49. The van der Waals surface area contributed by atoms with Crippen LogP contribution in [0.25, 0.3) is 11.3 Å². The summed E-state index contributed by atoms with van der Waals surface area (Å²) in [6.45, 7) is 6.22. The van der Waals surface area contributed by atoms with Crippen molar-refractivity contribution in [2.45, 2.75) is 51.0 Å². The number of nitrogens with zero attached hydrogens (tertiary/aromatic N) is 2. The first-order valence-corrected chi connectivity index (χ1v) is 12.4. The van der Waals surface area contributed by atoms with Crippen molar-refractivity contribution in [3.8, 4) is 17.0 Å². The zero-order valence-corrected chi connectivity index (χ0v) is 19.7. The molecule has 174 valence electrons. The molecule has 0 saturated carbocycles. The molecule has 0 aliphatic carbocycles.